The highest BCUT2D eigenvalue weighted by molar-refractivity contribution is 8.01. The van der Waals surface area contributed by atoms with Crippen LogP contribution in [0.25, 0.3) is 0 Å². The molecule has 0 saturated heterocycles. The van der Waals surface area contributed by atoms with Gasteiger partial charge in [-0.3, -0.25) is 4.79 Å². The number of rotatable bonds is 3. The van der Waals surface area contributed by atoms with E-state index in [-0.39, 0.29) is 11.9 Å². The molecule has 0 fully saturated rings. The first-order valence-corrected chi connectivity index (χ1v) is 8.46. The van der Waals surface area contributed by atoms with Gasteiger partial charge < -0.3 is 4.90 Å². The van der Waals surface area contributed by atoms with Crippen LogP contribution in [0.2, 0.25) is 0 Å². The highest BCUT2D eigenvalue weighted by Gasteiger charge is 2.30. The molecule has 0 N–H and O–H groups in total. The Hall–Kier alpha value is -1.33. The SMILES string of the molecule is Cc1csc(SCC(=O)N2c3ccccc3C[C@H]2C)n1. The molecule has 1 atom stereocenters. The van der Waals surface area contributed by atoms with Gasteiger partial charge in [0.15, 0.2) is 4.34 Å². The number of hydrogen-bond donors (Lipinski definition) is 0. The van der Waals surface area contributed by atoms with E-state index in [1.54, 1.807) is 11.3 Å². The van der Waals surface area contributed by atoms with Crippen LogP contribution in [-0.2, 0) is 11.2 Å². The Morgan fingerprint density at radius 1 is 1.50 bits per heavy atom. The van der Waals surface area contributed by atoms with Crippen LogP contribution in [-0.4, -0.2) is 22.7 Å². The maximum Gasteiger partial charge on any atom is 0.237 e. The molecule has 3 nitrogen and oxygen atoms in total. The quantitative estimate of drug-likeness (QED) is 0.813. The molecule has 20 heavy (non-hydrogen) atoms. The zero-order chi connectivity index (χ0) is 14.1. The number of carbonyl (C=O) groups is 1. The Morgan fingerprint density at radius 3 is 3.05 bits per heavy atom. The zero-order valence-corrected chi connectivity index (χ0v) is 13.1. The van der Waals surface area contributed by atoms with E-state index >= 15 is 0 Å². The van der Waals surface area contributed by atoms with Crippen molar-refractivity contribution in [3.63, 3.8) is 0 Å². The minimum absolute atomic E-state index is 0.167. The van der Waals surface area contributed by atoms with Crippen molar-refractivity contribution in [3.8, 4) is 0 Å². The Balaban J connectivity index is 1.71. The van der Waals surface area contributed by atoms with Gasteiger partial charge in [0.25, 0.3) is 0 Å². The first-order valence-electron chi connectivity index (χ1n) is 6.60. The topological polar surface area (TPSA) is 33.2 Å². The first kappa shape index (κ1) is 13.6. The molecule has 0 saturated carbocycles. The third-order valence-electron chi connectivity index (χ3n) is 3.39. The third-order valence-corrected chi connectivity index (χ3v) is 5.52. The summed E-state index contributed by atoms with van der Waals surface area (Å²) in [5.74, 6) is 0.617. The molecule has 0 spiro atoms. The van der Waals surface area contributed by atoms with Crippen LogP contribution in [0.4, 0.5) is 5.69 Å². The smallest absolute Gasteiger partial charge is 0.237 e. The number of thioether (sulfide) groups is 1. The number of amides is 1. The molecule has 1 aromatic heterocycles. The summed E-state index contributed by atoms with van der Waals surface area (Å²) in [6.45, 7) is 4.08. The molecule has 104 valence electrons. The molecular formula is C15H16N2OS2. The molecule has 0 aliphatic carbocycles. The minimum atomic E-state index is 0.167. The maximum atomic E-state index is 12.5. The Bertz CT molecular complexity index is 638. The monoisotopic (exact) mass is 304 g/mol. The molecule has 0 unspecified atom stereocenters. The summed E-state index contributed by atoms with van der Waals surface area (Å²) in [6.07, 6.45) is 0.947. The van der Waals surface area contributed by atoms with Crippen molar-refractivity contribution in [2.75, 3.05) is 10.7 Å². The standard InChI is InChI=1S/C15H16N2OS2/c1-10-8-19-15(16-10)20-9-14(18)17-11(2)7-12-5-3-4-6-13(12)17/h3-6,8,11H,7,9H2,1-2H3/t11-/m1/s1. The zero-order valence-electron chi connectivity index (χ0n) is 11.5. The van der Waals surface area contributed by atoms with Crippen LogP contribution in [0.3, 0.4) is 0 Å². The average Bonchev–Trinajstić information content (AvgIpc) is 2.98. The molecule has 0 radical (unpaired) electrons. The van der Waals surface area contributed by atoms with Gasteiger partial charge in [-0.1, -0.05) is 30.0 Å². The Morgan fingerprint density at radius 2 is 2.30 bits per heavy atom. The highest BCUT2D eigenvalue weighted by Crippen LogP contribution is 2.33. The second-order valence-electron chi connectivity index (χ2n) is 4.99. The summed E-state index contributed by atoms with van der Waals surface area (Å²) in [4.78, 5) is 18.8. The number of benzene rings is 1. The maximum absolute atomic E-state index is 12.5. The molecular weight excluding hydrogens is 288 g/mol. The van der Waals surface area contributed by atoms with E-state index in [9.17, 15) is 4.79 Å². The molecule has 5 heteroatoms. The van der Waals surface area contributed by atoms with E-state index in [4.69, 9.17) is 0 Å². The number of nitrogens with zero attached hydrogens (tertiary/aromatic N) is 2. The summed E-state index contributed by atoms with van der Waals surface area (Å²) in [7, 11) is 0. The summed E-state index contributed by atoms with van der Waals surface area (Å²) < 4.78 is 0.969. The van der Waals surface area contributed by atoms with Gasteiger partial charge in [-0.05, 0) is 31.9 Å². The van der Waals surface area contributed by atoms with Crippen molar-refractivity contribution >= 4 is 34.7 Å². The van der Waals surface area contributed by atoms with Gasteiger partial charge in [-0.25, -0.2) is 4.98 Å². The normalized spacial score (nSPS) is 17.3. The molecule has 2 aromatic rings. The van der Waals surface area contributed by atoms with Gasteiger partial charge in [-0.2, -0.15) is 0 Å². The molecule has 3 rings (SSSR count). The summed E-state index contributed by atoms with van der Waals surface area (Å²) in [5.41, 5.74) is 3.36. The Labute approximate surface area is 127 Å². The average molecular weight is 304 g/mol. The second-order valence-corrected chi connectivity index (χ2v) is 7.07. The van der Waals surface area contributed by atoms with Gasteiger partial charge >= 0.3 is 0 Å². The number of carbonyl (C=O) groups excluding carboxylic acids is 1. The number of fused-ring (bicyclic) bond motifs is 1. The van der Waals surface area contributed by atoms with E-state index in [2.05, 4.69) is 18.0 Å². The third kappa shape index (κ3) is 2.60. The number of aryl methyl sites for hydroxylation is 1. The summed E-state index contributed by atoms with van der Waals surface area (Å²) in [5, 5.41) is 2.01. The lowest BCUT2D eigenvalue weighted by Gasteiger charge is -2.22. The van der Waals surface area contributed by atoms with Gasteiger partial charge in [-0.15, -0.1) is 11.3 Å². The predicted octanol–water partition coefficient (Wildman–Crippen LogP) is 3.52. The van der Waals surface area contributed by atoms with E-state index < -0.39 is 0 Å². The fourth-order valence-electron chi connectivity index (χ4n) is 2.54. The summed E-state index contributed by atoms with van der Waals surface area (Å²) in [6, 6.07) is 8.42. The van der Waals surface area contributed by atoms with E-state index in [0.717, 1.165) is 22.1 Å². The van der Waals surface area contributed by atoms with Gasteiger partial charge in [0.05, 0.1) is 5.75 Å². The van der Waals surface area contributed by atoms with E-state index in [0.29, 0.717) is 5.75 Å². The molecule has 1 aromatic carbocycles. The Kier molecular flexibility index (Phi) is 3.81. The molecule has 0 bridgehead atoms. The largest absolute Gasteiger partial charge is 0.308 e. The van der Waals surface area contributed by atoms with Crippen LogP contribution in [0.15, 0.2) is 34.0 Å². The summed E-state index contributed by atoms with van der Waals surface area (Å²) >= 11 is 3.13. The van der Waals surface area contributed by atoms with Crippen LogP contribution < -0.4 is 4.90 Å². The lowest BCUT2D eigenvalue weighted by Crippen LogP contribution is -2.36. The van der Waals surface area contributed by atoms with Crippen molar-refractivity contribution < 1.29 is 4.79 Å². The van der Waals surface area contributed by atoms with Crippen LogP contribution in [0, 0.1) is 6.92 Å². The molecule has 1 aliphatic rings. The fraction of sp³-hybridized carbons (Fsp3) is 0.333. The van der Waals surface area contributed by atoms with E-state index in [1.165, 1.54) is 17.3 Å². The fourth-order valence-corrected chi connectivity index (χ4v) is 4.25. The predicted molar refractivity (Wildman–Crippen MR) is 84.7 cm³/mol. The van der Waals surface area contributed by atoms with Gasteiger partial charge in [0.2, 0.25) is 5.91 Å². The highest BCUT2D eigenvalue weighted by atomic mass is 32.2. The minimum Gasteiger partial charge on any atom is -0.308 e. The lowest BCUT2D eigenvalue weighted by atomic mass is 10.1. The lowest BCUT2D eigenvalue weighted by molar-refractivity contribution is -0.116. The first-order chi connectivity index (χ1) is 9.65. The van der Waals surface area contributed by atoms with Crippen molar-refractivity contribution in [2.45, 2.75) is 30.6 Å². The molecule has 2 heterocycles. The second kappa shape index (κ2) is 5.58. The van der Waals surface area contributed by atoms with Crippen molar-refractivity contribution in [3.05, 3.63) is 40.9 Å². The number of anilines is 1. The number of thiazole rings is 1. The van der Waals surface area contributed by atoms with Gasteiger partial charge in [0, 0.05) is 22.8 Å². The van der Waals surface area contributed by atoms with Crippen molar-refractivity contribution in [2.24, 2.45) is 0 Å². The van der Waals surface area contributed by atoms with Crippen LogP contribution in [0.5, 0.6) is 0 Å². The number of hydrogen-bond acceptors (Lipinski definition) is 4. The number of para-hydroxylation sites is 1. The number of aromatic nitrogens is 1. The van der Waals surface area contributed by atoms with E-state index in [1.807, 2.05) is 35.4 Å². The van der Waals surface area contributed by atoms with Crippen molar-refractivity contribution in [1.29, 1.82) is 0 Å². The van der Waals surface area contributed by atoms with Crippen LogP contribution >= 0.6 is 23.1 Å². The van der Waals surface area contributed by atoms with Crippen molar-refractivity contribution in [1.82, 2.24) is 4.98 Å². The molecule has 1 aliphatic heterocycles. The molecule has 1 amide bonds. The van der Waals surface area contributed by atoms with Crippen LogP contribution in [0.1, 0.15) is 18.2 Å². The van der Waals surface area contributed by atoms with Gasteiger partial charge in [0.1, 0.15) is 0 Å².